The molecule has 0 saturated heterocycles. The van der Waals surface area contributed by atoms with Crippen molar-refractivity contribution in [1.82, 2.24) is 10.3 Å². The second-order valence-electron chi connectivity index (χ2n) is 4.30. The van der Waals surface area contributed by atoms with Crippen LogP contribution in [0, 0.1) is 0 Å². The van der Waals surface area contributed by atoms with E-state index in [2.05, 4.69) is 10.3 Å². The number of carbonyl (C=O) groups excluding carboxylic acids is 1. The van der Waals surface area contributed by atoms with E-state index in [0.717, 1.165) is 11.1 Å². The molecular formula is C15H17N3O2. The number of hydrogen-bond donors (Lipinski definition) is 2. The summed E-state index contributed by atoms with van der Waals surface area (Å²) in [4.78, 5) is 16.1. The molecule has 0 atom stereocenters. The van der Waals surface area contributed by atoms with Crippen LogP contribution in [-0.4, -0.2) is 18.0 Å². The monoisotopic (exact) mass is 271 g/mol. The van der Waals surface area contributed by atoms with E-state index in [1.807, 2.05) is 18.2 Å². The molecule has 1 amide bonds. The third-order valence-electron chi connectivity index (χ3n) is 2.88. The van der Waals surface area contributed by atoms with Crippen LogP contribution in [0.5, 0.6) is 5.88 Å². The zero-order valence-electron chi connectivity index (χ0n) is 11.3. The minimum Gasteiger partial charge on any atom is -0.481 e. The fourth-order valence-electron chi connectivity index (χ4n) is 1.76. The van der Waals surface area contributed by atoms with Crippen molar-refractivity contribution in [3.63, 3.8) is 0 Å². The molecule has 3 N–H and O–H groups in total. The molecule has 0 aliphatic rings. The molecule has 104 valence electrons. The molecule has 0 spiro atoms. The smallest absolute Gasteiger partial charge is 0.251 e. The second-order valence-corrected chi connectivity index (χ2v) is 4.30. The first-order chi connectivity index (χ1) is 9.72. The Bertz CT molecular complexity index is 582. The van der Waals surface area contributed by atoms with Crippen molar-refractivity contribution in [2.75, 3.05) is 7.11 Å². The van der Waals surface area contributed by atoms with Gasteiger partial charge in [-0.15, -0.1) is 0 Å². The lowest BCUT2D eigenvalue weighted by Crippen LogP contribution is -2.23. The summed E-state index contributed by atoms with van der Waals surface area (Å²) in [5.74, 6) is 0.423. The molecule has 0 radical (unpaired) electrons. The molecule has 1 heterocycles. The molecule has 0 aliphatic carbocycles. The average molecular weight is 271 g/mol. The maximum absolute atomic E-state index is 12.0. The summed E-state index contributed by atoms with van der Waals surface area (Å²) >= 11 is 0. The van der Waals surface area contributed by atoms with E-state index in [1.165, 1.54) is 0 Å². The van der Waals surface area contributed by atoms with Crippen molar-refractivity contribution in [3.05, 3.63) is 59.3 Å². The SMILES string of the molecule is COc1ccc(CNC(=O)c2cccc(CN)c2)cn1. The number of ether oxygens (including phenoxy) is 1. The maximum atomic E-state index is 12.0. The minimum atomic E-state index is -0.129. The van der Waals surface area contributed by atoms with Gasteiger partial charge in [0.1, 0.15) is 0 Å². The first-order valence-electron chi connectivity index (χ1n) is 6.29. The predicted octanol–water partition coefficient (Wildman–Crippen LogP) is 1.48. The Morgan fingerprint density at radius 1 is 1.30 bits per heavy atom. The van der Waals surface area contributed by atoms with Gasteiger partial charge in [-0.25, -0.2) is 4.98 Å². The third kappa shape index (κ3) is 3.55. The summed E-state index contributed by atoms with van der Waals surface area (Å²) in [6, 6.07) is 10.9. The summed E-state index contributed by atoms with van der Waals surface area (Å²) in [5.41, 5.74) is 8.01. The number of hydrogen-bond acceptors (Lipinski definition) is 4. The summed E-state index contributed by atoms with van der Waals surface area (Å²) in [5, 5.41) is 2.84. The first-order valence-corrected chi connectivity index (χ1v) is 6.29. The Morgan fingerprint density at radius 2 is 2.15 bits per heavy atom. The third-order valence-corrected chi connectivity index (χ3v) is 2.88. The van der Waals surface area contributed by atoms with Gasteiger partial charge < -0.3 is 15.8 Å². The quantitative estimate of drug-likeness (QED) is 0.863. The Balaban J connectivity index is 1.97. The standard InChI is InChI=1S/C15H17N3O2/c1-20-14-6-5-12(9-17-14)10-18-15(19)13-4-2-3-11(7-13)8-16/h2-7,9H,8,10,16H2,1H3,(H,18,19). The summed E-state index contributed by atoms with van der Waals surface area (Å²) < 4.78 is 4.98. The molecule has 0 aliphatic heterocycles. The summed E-state index contributed by atoms with van der Waals surface area (Å²) in [6.45, 7) is 0.839. The van der Waals surface area contributed by atoms with Crippen molar-refractivity contribution in [2.45, 2.75) is 13.1 Å². The molecule has 0 saturated carbocycles. The van der Waals surface area contributed by atoms with Crippen LogP contribution in [0.25, 0.3) is 0 Å². The average Bonchev–Trinajstić information content (AvgIpc) is 2.53. The fraction of sp³-hybridized carbons (Fsp3) is 0.200. The molecule has 2 aromatic rings. The van der Waals surface area contributed by atoms with E-state index in [4.69, 9.17) is 10.5 Å². The van der Waals surface area contributed by atoms with E-state index in [1.54, 1.807) is 31.5 Å². The zero-order chi connectivity index (χ0) is 14.4. The number of amides is 1. The molecular weight excluding hydrogens is 254 g/mol. The highest BCUT2D eigenvalue weighted by Crippen LogP contribution is 2.08. The lowest BCUT2D eigenvalue weighted by Gasteiger charge is -2.07. The van der Waals surface area contributed by atoms with Crippen LogP contribution in [0.3, 0.4) is 0 Å². The Kier molecular flexibility index (Phi) is 4.68. The summed E-state index contributed by atoms with van der Waals surface area (Å²) in [7, 11) is 1.56. The Morgan fingerprint density at radius 3 is 2.80 bits per heavy atom. The van der Waals surface area contributed by atoms with E-state index >= 15 is 0 Å². The van der Waals surface area contributed by atoms with Crippen LogP contribution < -0.4 is 15.8 Å². The fourth-order valence-corrected chi connectivity index (χ4v) is 1.76. The molecule has 1 aromatic carbocycles. The van der Waals surface area contributed by atoms with Gasteiger partial charge in [-0.2, -0.15) is 0 Å². The molecule has 1 aromatic heterocycles. The first kappa shape index (κ1) is 14.0. The molecule has 5 nitrogen and oxygen atoms in total. The largest absolute Gasteiger partial charge is 0.481 e. The maximum Gasteiger partial charge on any atom is 0.251 e. The summed E-state index contributed by atoms with van der Waals surface area (Å²) in [6.07, 6.45) is 1.68. The number of methoxy groups -OCH3 is 1. The van der Waals surface area contributed by atoms with E-state index in [0.29, 0.717) is 24.5 Å². The van der Waals surface area contributed by atoms with E-state index in [9.17, 15) is 4.79 Å². The van der Waals surface area contributed by atoms with Gasteiger partial charge in [0.15, 0.2) is 0 Å². The van der Waals surface area contributed by atoms with Crippen molar-refractivity contribution < 1.29 is 9.53 Å². The van der Waals surface area contributed by atoms with Crippen LogP contribution in [0.15, 0.2) is 42.6 Å². The van der Waals surface area contributed by atoms with Gasteiger partial charge in [-0.1, -0.05) is 18.2 Å². The zero-order valence-corrected chi connectivity index (χ0v) is 11.3. The number of pyridine rings is 1. The topological polar surface area (TPSA) is 77.2 Å². The lowest BCUT2D eigenvalue weighted by molar-refractivity contribution is 0.0951. The lowest BCUT2D eigenvalue weighted by atomic mass is 10.1. The number of nitrogens with one attached hydrogen (secondary N) is 1. The predicted molar refractivity (Wildman–Crippen MR) is 76.3 cm³/mol. The normalized spacial score (nSPS) is 10.1. The highest BCUT2D eigenvalue weighted by molar-refractivity contribution is 5.94. The number of carbonyl (C=O) groups is 1. The molecule has 0 bridgehead atoms. The number of nitrogens with zero attached hydrogens (tertiary/aromatic N) is 1. The minimum absolute atomic E-state index is 0.129. The van der Waals surface area contributed by atoms with Crippen molar-refractivity contribution in [1.29, 1.82) is 0 Å². The number of benzene rings is 1. The van der Waals surface area contributed by atoms with E-state index < -0.39 is 0 Å². The van der Waals surface area contributed by atoms with Crippen LogP contribution in [0.1, 0.15) is 21.5 Å². The molecule has 0 unspecified atom stereocenters. The Hall–Kier alpha value is -2.40. The van der Waals surface area contributed by atoms with Gasteiger partial charge in [0.05, 0.1) is 7.11 Å². The van der Waals surface area contributed by atoms with E-state index in [-0.39, 0.29) is 5.91 Å². The van der Waals surface area contributed by atoms with Crippen LogP contribution in [-0.2, 0) is 13.1 Å². The van der Waals surface area contributed by atoms with Crippen LogP contribution in [0.2, 0.25) is 0 Å². The van der Waals surface area contributed by atoms with Gasteiger partial charge in [-0.3, -0.25) is 4.79 Å². The van der Waals surface area contributed by atoms with Gasteiger partial charge in [-0.05, 0) is 23.3 Å². The van der Waals surface area contributed by atoms with Crippen LogP contribution in [0.4, 0.5) is 0 Å². The van der Waals surface area contributed by atoms with Gasteiger partial charge in [0.2, 0.25) is 5.88 Å². The van der Waals surface area contributed by atoms with Gasteiger partial charge in [0.25, 0.3) is 5.91 Å². The van der Waals surface area contributed by atoms with Crippen molar-refractivity contribution in [2.24, 2.45) is 5.73 Å². The van der Waals surface area contributed by atoms with Gasteiger partial charge >= 0.3 is 0 Å². The molecule has 20 heavy (non-hydrogen) atoms. The van der Waals surface area contributed by atoms with Crippen molar-refractivity contribution in [3.8, 4) is 5.88 Å². The molecule has 5 heteroatoms. The molecule has 0 fully saturated rings. The Labute approximate surface area is 117 Å². The van der Waals surface area contributed by atoms with Crippen molar-refractivity contribution >= 4 is 5.91 Å². The number of aromatic nitrogens is 1. The molecule has 2 rings (SSSR count). The highest BCUT2D eigenvalue weighted by Gasteiger charge is 2.06. The second kappa shape index (κ2) is 6.68. The number of nitrogens with two attached hydrogens (primary N) is 1. The van der Waals surface area contributed by atoms with Gasteiger partial charge in [0, 0.05) is 30.9 Å². The number of rotatable bonds is 5. The van der Waals surface area contributed by atoms with Crippen LogP contribution >= 0.6 is 0 Å². The highest BCUT2D eigenvalue weighted by atomic mass is 16.5.